The average molecular weight is 244 g/mol. The molecule has 0 aromatic carbocycles. The van der Waals surface area contributed by atoms with Gasteiger partial charge in [0.1, 0.15) is 6.04 Å². The summed E-state index contributed by atoms with van der Waals surface area (Å²) in [6.45, 7) is 1.17. The highest BCUT2D eigenvalue weighted by atomic mass is 16.4. The van der Waals surface area contributed by atoms with E-state index in [9.17, 15) is 9.59 Å². The van der Waals surface area contributed by atoms with E-state index in [-0.39, 0.29) is 25.6 Å². The maximum absolute atomic E-state index is 11.2. The molecule has 1 amide bonds. The quantitative estimate of drug-likeness (QED) is 0.522. The highest BCUT2D eigenvalue weighted by molar-refractivity contribution is 5.83. The summed E-state index contributed by atoms with van der Waals surface area (Å²) in [6.07, 6.45) is 3.53. The number of unbranched alkanes of at least 4 members (excludes halogenated alkanes) is 3. The van der Waals surface area contributed by atoms with Gasteiger partial charge in [-0.15, -0.1) is 0 Å². The normalized spacial score (nSPS) is 21.2. The summed E-state index contributed by atoms with van der Waals surface area (Å²) in [6, 6.07) is -0.606. The Kier molecular flexibility index (Phi) is 5.93. The van der Waals surface area contributed by atoms with E-state index in [1.165, 1.54) is 0 Å². The molecule has 98 valence electrons. The van der Waals surface area contributed by atoms with Crippen molar-refractivity contribution in [1.82, 2.24) is 10.2 Å². The molecule has 0 radical (unpaired) electrons. The third-order valence-electron chi connectivity index (χ3n) is 2.92. The monoisotopic (exact) mass is 244 g/mol. The molecule has 1 aliphatic heterocycles. The first-order valence-corrected chi connectivity index (χ1v) is 5.99. The van der Waals surface area contributed by atoms with Gasteiger partial charge in [-0.05, 0) is 19.4 Å². The van der Waals surface area contributed by atoms with Crippen molar-refractivity contribution in [3.05, 3.63) is 0 Å². The van der Waals surface area contributed by atoms with Gasteiger partial charge in [-0.3, -0.25) is 14.5 Å². The Balaban J connectivity index is 2.31. The van der Waals surface area contributed by atoms with Gasteiger partial charge >= 0.3 is 5.97 Å². The third kappa shape index (κ3) is 4.70. The number of carboxylic acids is 1. The zero-order valence-corrected chi connectivity index (χ0v) is 9.89. The number of carbonyl (C=O) groups is 2. The minimum Gasteiger partial charge on any atom is -0.480 e. The SMILES string of the molecule is O=C1CN(CCCCCCO)C(C(=O)O)CN1. The van der Waals surface area contributed by atoms with Crippen LogP contribution in [0.15, 0.2) is 0 Å². The van der Waals surface area contributed by atoms with Gasteiger partial charge in [0.2, 0.25) is 5.91 Å². The first-order valence-electron chi connectivity index (χ1n) is 5.99. The zero-order valence-electron chi connectivity index (χ0n) is 9.89. The molecule has 0 spiro atoms. The minimum absolute atomic E-state index is 0.113. The number of nitrogens with zero attached hydrogens (tertiary/aromatic N) is 1. The van der Waals surface area contributed by atoms with Crippen LogP contribution < -0.4 is 5.32 Å². The molecule has 0 aromatic rings. The van der Waals surface area contributed by atoms with E-state index in [0.29, 0.717) is 6.54 Å². The molecule has 6 heteroatoms. The number of aliphatic carboxylic acids is 1. The second-order valence-corrected chi connectivity index (χ2v) is 4.27. The first-order chi connectivity index (χ1) is 8.15. The summed E-state index contributed by atoms with van der Waals surface area (Å²) < 4.78 is 0. The van der Waals surface area contributed by atoms with Crippen LogP contribution in [0.5, 0.6) is 0 Å². The van der Waals surface area contributed by atoms with Crippen LogP contribution in [0.25, 0.3) is 0 Å². The highest BCUT2D eigenvalue weighted by Crippen LogP contribution is 2.08. The number of nitrogens with one attached hydrogen (secondary N) is 1. The van der Waals surface area contributed by atoms with Crippen molar-refractivity contribution in [3.63, 3.8) is 0 Å². The second-order valence-electron chi connectivity index (χ2n) is 4.27. The number of piperazine rings is 1. The topological polar surface area (TPSA) is 89.9 Å². The van der Waals surface area contributed by atoms with Crippen molar-refractivity contribution < 1.29 is 19.8 Å². The van der Waals surface area contributed by atoms with Crippen LogP contribution in [0.4, 0.5) is 0 Å². The minimum atomic E-state index is -0.889. The van der Waals surface area contributed by atoms with Gasteiger partial charge in [0, 0.05) is 13.2 Å². The van der Waals surface area contributed by atoms with Gasteiger partial charge in [0.25, 0.3) is 0 Å². The van der Waals surface area contributed by atoms with Crippen molar-refractivity contribution in [2.24, 2.45) is 0 Å². The molecule has 0 aliphatic carbocycles. The van der Waals surface area contributed by atoms with E-state index in [1.807, 2.05) is 0 Å². The van der Waals surface area contributed by atoms with Crippen molar-refractivity contribution in [1.29, 1.82) is 0 Å². The van der Waals surface area contributed by atoms with Gasteiger partial charge in [0.05, 0.1) is 6.54 Å². The standard InChI is InChI=1S/C11H20N2O4/c14-6-4-2-1-3-5-13-8-10(15)12-7-9(13)11(16)17/h9,14H,1-8H2,(H,12,15)(H,16,17). The number of hydrogen-bond acceptors (Lipinski definition) is 4. The Hall–Kier alpha value is -1.14. The Morgan fingerprint density at radius 3 is 2.71 bits per heavy atom. The number of aliphatic hydroxyl groups is 1. The number of rotatable bonds is 7. The summed E-state index contributed by atoms with van der Waals surface area (Å²) in [5, 5.41) is 20.2. The molecular formula is C11H20N2O4. The summed E-state index contributed by atoms with van der Waals surface area (Å²) in [7, 11) is 0. The predicted molar refractivity (Wildman–Crippen MR) is 61.6 cm³/mol. The van der Waals surface area contributed by atoms with Gasteiger partial charge in [0.15, 0.2) is 0 Å². The van der Waals surface area contributed by atoms with Crippen LogP contribution in [0.1, 0.15) is 25.7 Å². The van der Waals surface area contributed by atoms with Crippen LogP contribution in [-0.4, -0.2) is 59.3 Å². The lowest BCUT2D eigenvalue weighted by atomic mass is 10.1. The fraction of sp³-hybridized carbons (Fsp3) is 0.818. The van der Waals surface area contributed by atoms with E-state index in [1.54, 1.807) is 4.90 Å². The fourth-order valence-corrected chi connectivity index (χ4v) is 1.95. The zero-order chi connectivity index (χ0) is 12.7. The summed E-state index contributed by atoms with van der Waals surface area (Å²) in [4.78, 5) is 23.9. The van der Waals surface area contributed by atoms with Gasteiger partial charge in [-0.2, -0.15) is 0 Å². The van der Waals surface area contributed by atoms with Crippen molar-refractivity contribution >= 4 is 11.9 Å². The third-order valence-corrected chi connectivity index (χ3v) is 2.92. The summed E-state index contributed by atoms with van der Waals surface area (Å²) in [5.41, 5.74) is 0. The smallest absolute Gasteiger partial charge is 0.322 e. The van der Waals surface area contributed by atoms with E-state index in [4.69, 9.17) is 10.2 Å². The highest BCUT2D eigenvalue weighted by Gasteiger charge is 2.31. The van der Waals surface area contributed by atoms with Crippen molar-refractivity contribution in [3.8, 4) is 0 Å². The molecule has 0 saturated carbocycles. The fourth-order valence-electron chi connectivity index (χ4n) is 1.95. The molecule has 3 N–H and O–H groups in total. The maximum Gasteiger partial charge on any atom is 0.322 e. The molecule has 1 rings (SSSR count). The number of amides is 1. The molecule has 1 saturated heterocycles. The molecule has 1 atom stereocenters. The molecule has 0 bridgehead atoms. The predicted octanol–water partition coefficient (Wildman–Crippen LogP) is -0.576. The number of aliphatic hydroxyl groups excluding tert-OH is 1. The summed E-state index contributed by atoms with van der Waals surface area (Å²) >= 11 is 0. The summed E-state index contributed by atoms with van der Waals surface area (Å²) in [5.74, 6) is -1.00. The molecule has 1 unspecified atom stereocenters. The molecule has 17 heavy (non-hydrogen) atoms. The largest absolute Gasteiger partial charge is 0.480 e. The second kappa shape index (κ2) is 7.24. The Morgan fingerprint density at radius 1 is 1.35 bits per heavy atom. The Labute approximate surface area is 101 Å². The lowest BCUT2D eigenvalue weighted by Gasteiger charge is -2.32. The van der Waals surface area contributed by atoms with Crippen LogP contribution in [0.3, 0.4) is 0 Å². The van der Waals surface area contributed by atoms with E-state index < -0.39 is 12.0 Å². The Bertz CT molecular complexity index is 270. The molecule has 0 aromatic heterocycles. The number of carboxylic acid groups (broad SMARTS) is 1. The van der Waals surface area contributed by atoms with Crippen LogP contribution in [-0.2, 0) is 9.59 Å². The molecular weight excluding hydrogens is 224 g/mol. The lowest BCUT2D eigenvalue weighted by Crippen LogP contribution is -2.57. The van der Waals surface area contributed by atoms with Crippen LogP contribution >= 0.6 is 0 Å². The number of carbonyl (C=O) groups excluding carboxylic acids is 1. The molecule has 1 aliphatic rings. The maximum atomic E-state index is 11.2. The van der Waals surface area contributed by atoms with Gasteiger partial charge in [-0.25, -0.2) is 0 Å². The first kappa shape index (κ1) is 13.9. The van der Waals surface area contributed by atoms with Gasteiger partial charge in [-0.1, -0.05) is 12.8 Å². The van der Waals surface area contributed by atoms with E-state index in [2.05, 4.69) is 5.32 Å². The van der Waals surface area contributed by atoms with Crippen LogP contribution in [0, 0.1) is 0 Å². The number of hydrogen-bond donors (Lipinski definition) is 3. The average Bonchev–Trinajstić information content (AvgIpc) is 2.28. The van der Waals surface area contributed by atoms with E-state index >= 15 is 0 Å². The van der Waals surface area contributed by atoms with Gasteiger partial charge < -0.3 is 15.5 Å². The van der Waals surface area contributed by atoms with Crippen molar-refractivity contribution in [2.75, 3.05) is 26.2 Å². The molecule has 1 heterocycles. The molecule has 6 nitrogen and oxygen atoms in total. The van der Waals surface area contributed by atoms with Crippen molar-refractivity contribution in [2.45, 2.75) is 31.7 Å². The molecule has 1 fully saturated rings. The lowest BCUT2D eigenvalue weighted by molar-refractivity contribution is -0.146. The van der Waals surface area contributed by atoms with E-state index in [0.717, 1.165) is 25.7 Å². The Morgan fingerprint density at radius 2 is 2.06 bits per heavy atom. The van der Waals surface area contributed by atoms with Crippen LogP contribution in [0.2, 0.25) is 0 Å².